The summed E-state index contributed by atoms with van der Waals surface area (Å²) in [6.07, 6.45) is 2.70. The Balaban J connectivity index is 1.83. The molecule has 0 aromatic heterocycles. The lowest BCUT2D eigenvalue weighted by molar-refractivity contribution is -0.114. The molecule has 0 aliphatic carbocycles. The number of anilines is 1. The number of aryl methyl sites for hydroxylation is 1. The van der Waals surface area contributed by atoms with Gasteiger partial charge in [-0.1, -0.05) is 18.6 Å². The molecule has 154 valence electrons. The highest BCUT2D eigenvalue weighted by Gasteiger charge is 2.28. The second-order valence-electron chi connectivity index (χ2n) is 7.04. The van der Waals surface area contributed by atoms with Crippen LogP contribution < -0.4 is 10.1 Å². The van der Waals surface area contributed by atoms with Crippen LogP contribution in [-0.4, -0.2) is 37.7 Å². The monoisotopic (exact) mass is 416 g/mol. The summed E-state index contributed by atoms with van der Waals surface area (Å²) < 4.78 is 32.9. The van der Waals surface area contributed by atoms with Crippen molar-refractivity contribution < 1.29 is 22.7 Å². The maximum atomic E-state index is 13.0. The van der Waals surface area contributed by atoms with Crippen molar-refractivity contribution >= 4 is 27.6 Å². The van der Waals surface area contributed by atoms with E-state index in [0.29, 0.717) is 24.3 Å². The lowest BCUT2D eigenvalue weighted by Gasteiger charge is -2.26. The predicted octanol–water partition coefficient (Wildman–Crippen LogP) is 3.35. The van der Waals surface area contributed by atoms with E-state index in [2.05, 4.69) is 5.32 Å². The summed E-state index contributed by atoms with van der Waals surface area (Å²) in [5, 5.41) is 2.62. The van der Waals surface area contributed by atoms with Crippen molar-refractivity contribution in [1.82, 2.24) is 4.31 Å². The summed E-state index contributed by atoms with van der Waals surface area (Å²) in [4.78, 5) is 23.9. The molecule has 1 fully saturated rings. The van der Waals surface area contributed by atoms with E-state index in [-0.39, 0.29) is 22.1 Å². The molecule has 0 saturated carbocycles. The lowest BCUT2D eigenvalue weighted by atomic mass is 10.1. The van der Waals surface area contributed by atoms with Gasteiger partial charge in [0.15, 0.2) is 0 Å². The molecule has 1 aliphatic rings. The number of carbonyl (C=O) groups is 2. The number of piperidine rings is 1. The van der Waals surface area contributed by atoms with Crippen molar-refractivity contribution in [1.29, 1.82) is 0 Å². The molecule has 0 unspecified atom stereocenters. The van der Waals surface area contributed by atoms with Crippen molar-refractivity contribution in [3.63, 3.8) is 0 Å². The normalized spacial score (nSPS) is 15.0. The number of hydrogen-bond donors (Lipinski definition) is 1. The first-order valence-corrected chi connectivity index (χ1v) is 10.9. The molecule has 0 atom stereocenters. The predicted molar refractivity (Wildman–Crippen MR) is 109 cm³/mol. The first-order chi connectivity index (χ1) is 13.8. The number of hydrogen-bond acceptors (Lipinski definition) is 5. The van der Waals surface area contributed by atoms with E-state index in [1.54, 1.807) is 37.3 Å². The van der Waals surface area contributed by atoms with Crippen LogP contribution >= 0.6 is 0 Å². The van der Waals surface area contributed by atoms with E-state index in [1.807, 2.05) is 0 Å². The fourth-order valence-electron chi connectivity index (χ4n) is 3.26. The van der Waals surface area contributed by atoms with Gasteiger partial charge in [0.1, 0.15) is 5.75 Å². The number of nitrogens with one attached hydrogen (secondary N) is 1. The molecule has 1 amide bonds. The molecule has 1 N–H and O–H groups in total. The summed E-state index contributed by atoms with van der Waals surface area (Å²) in [6, 6.07) is 11.0. The Hall–Kier alpha value is -2.71. The summed E-state index contributed by atoms with van der Waals surface area (Å²) in [7, 11) is -3.66. The average molecular weight is 416 g/mol. The zero-order chi connectivity index (χ0) is 21.0. The highest BCUT2D eigenvalue weighted by Crippen LogP contribution is 2.25. The first kappa shape index (κ1) is 21.0. The average Bonchev–Trinajstić information content (AvgIpc) is 2.68. The number of ether oxygens (including phenoxy) is 1. The van der Waals surface area contributed by atoms with Gasteiger partial charge in [-0.2, -0.15) is 4.31 Å². The third-order valence-electron chi connectivity index (χ3n) is 4.72. The second kappa shape index (κ2) is 8.75. The smallest absolute Gasteiger partial charge is 0.343 e. The molecular weight excluding hydrogens is 392 g/mol. The Morgan fingerprint density at radius 1 is 1.03 bits per heavy atom. The molecule has 3 rings (SSSR count). The molecule has 2 aromatic carbocycles. The Bertz CT molecular complexity index is 1030. The third kappa shape index (κ3) is 5.02. The zero-order valence-electron chi connectivity index (χ0n) is 16.5. The van der Waals surface area contributed by atoms with E-state index in [9.17, 15) is 18.0 Å². The number of benzene rings is 2. The molecule has 29 heavy (non-hydrogen) atoms. The van der Waals surface area contributed by atoms with Gasteiger partial charge in [-0.15, -0.1) is 0 Å². The van der Waals surface area contributed by atoms with Crippen molar-refractivity contribution in [3.05, 3.63) is 53.6 Å². The summed E-state index contributed by atoms with van der Waals surface area (Å²) in [6.45, 7) is 4.08. The summed E-state index contributed by atoms with van der Waals surface area (Å²) in [5.41, 5.74) is 1.23. The van der Waals surface area contributed by atoms with E-state index in [0.717, 1.165) is 19.3 Å². The largest absolute Gasteiger partial charge is 0.423 e. The van der Waals surface area contributed by atoms with E-state index < -0.39 is 16.0 Å². The minimum Gasteiger partial charge on any atom is -0.423 e. The quantitative estimate of drug-likeness (QED) is 0.596. The standard InChI is InChI=1S/C21H24N2O5S/c1-15-9-10-17(13-20(15)29(26,27)23-11-4-3-5-12-23)21(25)28-19-8-6-7-18(14-19)22-16(2)24/h6-10,13-14H,3-5,11-12H2,1-2H3,(H,22,24). The van der Waals surface area contributed by atoms with Crippen molar-refractivity contribution in [2.24, 2.45) is 0 Å². The minimum absolute atomic E-state index is 0.126. The number of amides is 1. The Kier molecular flexibility index (Phi) is 6.34. The van der Waals surface area contributed by atoms with Gasteiger partial charge < -0.3 is 10.1 Å². The van der Waals surface area contributed by atoms with Gasteiger partial charge in [0.05, 0.1) is 10.5 Å². The highest BCUT2D eigenvalue weighted by molar-refractivity contribution is 7.89. The van der Waals surface area contributed by atoms with Gasteiger partial charge in [0.25, 0.3) is 0 Å². The number of esters is 1. The van der Waals surface area contributed by atoms with Gasteiger partial charge in [-0.3, -0.25) is 4.79 Å². The van der Waals surface area contributed by atoms with Crippen LogP contribution in [0.3, 0.4) is 0 Å². The Morgan fingerprint density at radius 2 is 1.76 bits per heavy atom. The Morgan fingerprint density at radius 3 is 2.45 bits per heavy atom. The lowest BCUT2D eigenvalue weighted by Crippen LogP contribution is -2.36. The minimum atomic E-state index is -3.66. The maximum absolute atomic E-state index is 13.0. The third-order valence-corrected chi connectivity index (χ3v) is 6.76. The Labute approximate surface area is 170 Å². The maximum Gasteiger partial charge on any atom is 0.343 e. The topological polar surface area (TPSA) is 92.8 Å². The van der Waals surface area contributed by atoms with Crippen molar-refractivity contribution in [2.75, 3.05) is 18.4 Å². The molecule has 2 aromatic rings. The SMILES string of the molecule is CC(=O)Nc1cccc(OC(=O)c2ccc(C)c(S(=O)(=O)N3CCCCC3)c2)c1. The summed E-state index contributed by atoms with van der Waals surface area (Å²) >= 11 is 0. The molecule has 0 bridgehead atoms. The molecule has 1 saturated heterocycles. The van der Waals surface area contributed by atoms with Crippen LogP contribution in [0.25, 0.3) is 0 Å². The van der Waals surface area contributed by atoms with Crippen LogP contribution in [0.2, 0.25) is 0 Å². The van der Waals surface area contributed by atoms with Gasteiger partial charge in [0.2, 0.25) is 15.9 Å². The molecule has 1 heterocycles. The van der Waals surface area contributed by atoms with Crippen LogP contribution in [0.15, 0.2) is 47.4 Å². The van der Waals surface area contributed by atoms with Gasteiger partial charge in [-0.25, -0.2) is 13.2 Å². The van der Waals surface area contributed by atoms with Gasteiger partial charge in [-0.05, 0) is 49.6 Å². The van der Waals surface area contributed by atoms with Gasteiger partial charge in [0, 0.05) is 31.8 Å². The molecular formula is C21H24N2O5S. The molecule has 1 aliphatic heterocycles. The first-order valence-electron chi connectivity index (χ1n) is 9.48. The molecule has 8 heteroatoms. The van der Waals surface area contributed by atoms with Crippen LogP contribution in [0.5, 0.6) is 5.75 Å². The zero-order valence-corrected chi connectivity index (χ0v) is 17.3. The highest BCUT2D eigenvalue weighted by atomic mass is 32.2. The van der Waals surface area contributed by atoms with Crippen LogP contribution in [0.4, 0.5) is 5.69 Å². The van der Waals surface area contributed by atoms with E-state index >= 15 is 0 Å². The fraction of sp³-hybridized carbons (Fsp3) is 0.333. The van der Waals surface area contributed by atoms with Crippen molar-refractivity contribution in [3.8, 4) is 5.75 Å². The van der Waals surface area contributed by atoms with E-state index in [4.69, 9.17) is 4.74 Å². The van der Waals surface area contributed by atoms with Crippen LogP contribution in [0.1, 0.15) is 42.1 Å². The molecule has 0 radical (unpaired) electrons. The molecule has 7 nitrogen and oxygen atoms in total. The van der Waals surface area contributed by atoms with Gasteiger partial charge >= 0.3 is 5.97 Å². The van der Waals surface area contributed by atoms with E-state index in [1.165, 1.54) is 23.4 Å². The number of sulfonamides is 1. The van der Waals surface area contributed by atoms with Crippen molar-refractivity contribution in [2.45, 2.75) is 38.0 Å². The molecule has 0 spiro atoms. The van der Waals surface area contributed by atoms with Crippen LogP contribution in [0, 0.1) is 6.92 Å². The number of rotatable bonds is 5. The number of carbonyl (C=O) groups excluding carboxylic acids is 2. The van der Waals surface area contributed by atoms with Crippen LogP contribution in [-0.2, 0) is 14.8 Å². The number of nitrogens with zero attached hydrogens (tertiary/aromatic N) is 1. The second-order valence-corrected chi connectivity index (χ2v) is 8.95. The fourth-order valence-corrected chi connectivity index (χ4v) is 5.02. The summed E-state index contributed by atoms with van der Waals surface area (Å²) in [5.74, 6) is -0.651.